The zero-order valence-electron chi connectivity index (χ0n) is 10.8. The van der Waals surface area contributed by atoms with Gasteiger partial charge in [-0.2, -0.15) is 0 Å². The van der Waals surface area contributed by atoms with E-state index in [1.54, 1.807) is 0 Å². The summed E-state index contributed by atoms with van der Waals surface area (Å²) in [6.07, 6.45) is 2.26. The molecule has 0 unspecified atom stereocenters. The first-order valence-corrected chi connectivity index (χ1v) is 6.19. The Morgan fingerprint density at radius 1 is 0.842 bits per heavy atom. The summed E-state index contributed by atoms with van der Waals surface area (Å²) in [6, 6.07) is 21.2. The van der Waals surface area contributed by atoms with Gasteiger partial charge < -0.3 is 5.73 Å². The molecule has 96 valence electrons. The molecule has 0 radical (unpaired) electrons. The molecule has 0 aliphatic rings. The molecule has 0 spiro atoms. The number of primary amides is 1. The Morgan fingerprint density at radius 3 is 1.37 bits per heavy atom. The van der Waals surface area contributed by atoms with Crippen molar-refractivity contribution in [3.8, 4) is 0 Å². The molecule has 19 heavy (non-hydrogen) atoms. The van der Waals surface area contributed by atoms with E-state index in [-0.39, 0.29) is 27.3 Å². The molecular weight excluding hydrogens is 355 g/mol. The molecule has 0 aliphatic carbocycles. The van der Waals surface area contributed by atoms with Crippen LogP contribution in [0.3, 0.4) is 0 Å². The molecule has 4 heteroatoms. The van der Waals surface area contributed by atoms with Gasteiger partial charge in [0.25, 0.3) is 5.24 Å². The molecule has 2 aromatic rings. The molecule has 0 aliphatic heterocycles. The number of thiol groups is 1. The Labute approximate surface area is 140 Å². The van der Waals surface area contributed by atoms with Crippen molar-refractivity contribution in [3.63, 3.8) is 0 Å². The van der Waals surface area contributed by atoms with Gasteiger partial charge in [0.05, 0.1) is 0 Å². The molecule has 0 saturated heterocycles. The normalized spacial score (nSPS) is 8.68. The Kier molecular flexibility index (Phi) is 10.6. The first-order valence-electron chi connectivity index (χ1n) is 5.74. The SMILES string of the molecule is NC(=O)S.[Cd].c1ccc(CCc2ccccc2)cc1. The zero-order valence-corrected chi connectivity index (χ0v) is 15.8. The monoisotopic (exact) mass is 373 g/mol. The predicted molar refractivity (Wildman–Crippen MR) is 78.9 cm³/mol. The molecule has 0 saturated carbocycles. The minimum absolute atomic E-state index is 0. The van der Waals surface area contributed by atoms with Gasteiger partial charge in [0, 0.05) is 27.3 Å². The fourth-order valence-electron chi connectivity index (χ4n) is 1.58. The van der Waals surface area contributed by atoms with Crippen LogP contribution in [0.25, 0.3) is 0 Å². The van der Waals surface area contributed by atoms with Crippen LogP contribution in [-0.4, -0.2) is 5.24 Å². The van der Waals surface area contributed by atoms with E-state index < -0.39 is 5.24 Å². The summed E-state index contributed by atoms with van der Waals surface area (Å²) in [5.74, 6) is 0. The quantitative estimate of drug-likeness (QED) is 0.629. The Morgan fingerprint density at radius 2 is 1.11 bits per heavy atom. The van der Waals surface area contributed by atoms with Gasteiger partial charge in [-0.25, -0.2) is 0 Å². The summed E-state index contributed by atoms with van der Waals surface area (Å²) in [5, 5.41) is -0.639. The first-order chi connectivity index (χ1) is 8.68. The molecule has 0 heterocycles. The smallest absolute Gasteiger partial charge is 0.273 e. The van der Waals surface area contributed by atoms with E-state index in [0.29, 0.717) is 0 Å². The molecule has 1 amide bonds. The minimum Gasteiger partial charge on any atom is -0.361 e. The van der Waals surface area contributed by atoms with Gasteiger partial charge in [-0.3, -0.25) is 4.79 Å². The zero-order chi connectivity index (χ0) is 13.2. The predicted octanol–water partition coefficient (Wildman–Crippen LogP) is 3.46. The molecule has 0 aromatic heterocycles. The standard InChI is InChI=1S/C14H14.CH3NOS.Cd/c1-3-7-13(8-4-1)11-12-14-9-5-2-6-10-14;2-1(3)4;/h1-10H,11-12H2;(H3,2,3,4);. The van der Waals surface area contributed by atoms with Crippen LogP contribution in [0.15, 0.2) is 60.7 Å². The third-order valence-corrected chi connectivity index (χ3v) is 2.39. The van der Waals surface area contributed by atoms with Crippen molar-refractivity contribution >= 4 is 17.9 Å². The summed E-state index contributed by atoms with van der Waals surface area (Å²) in [6.45, 7) is 0. The number of hydrogen-bond acceptors (Lipinski definition) is 1. The van der Waals surface area contributed by atoms with Crippen LogP contribution in [0.2, 0.25) is 0 Å². The second-order valence-electron chi connectivity index (χ2n) is 3.81. The van der Waals surface area contributed by atoms with Crippen LogP contribution < -0.4 is 5.73 Å². The van der Waals surface area contributed by atoms with E-state index in [1.807, 2.05) is 0 Å². The van der Waals surface area contributed by atoms with Gasteiger partial charge in [-0.1, -0.05) is 73.3 Å². The number of rotatable bonds is 3. The molecule has 2 nitrogen and oxygen atoms in total. The Balaban J connectivity index is 0.000000576. The van der Waals surface area contributed by atoms with E-state index in [1.165, 1.54) is 11.1 Å². The second-order valence-corrected chi connectivity index (χ2v) is 4.25. The molecule has 0 bridgehead atoms. The summed E-state index contributed by atoms with van der Waals surface area (Å²) in [4.78, 5) is 9.09. The molecular formula is C15H17CdNOS. The van der Waals surface area contributed by atoms with Crippen molar-refractivity contribution in [2.45, 2.75) is 12.8 Å². The van der Waals surface area contributed by atoms with Crippen LogP contribution in [-0.2, 0) is 40.1 Å². The molecule has 2 aromatic carbocycles. The topological polar surface area (TPSA) is 43.1 Å². The van der Waals surface area contributed by atoms with E-state index in [4.69, 9.17) is 4.79 Å². The number of benzene rings is 2. The Hall–Kier alpha value is -0.818. The number of nitrogens with two attached hydrogens (primary N) is 1. The van der Waals surface area contributed by atoms with Gasteiger partial charge in [0.1, 0.15) is 0 Å². The van der Waals surface area contributed by atoms with Gasteiger partial charge in [0.2, 0.25) is 0 Å². The average Bonchev–Trinajstić information content (AvgIpc) is 2.38. The van der Waals surface area contributed by atoms with Crippen molar-refractivity contribution in [2.75, 3.05) is 0 Å². The third kappa shape index (κ3) is 9.72. The van der Waals surface area contributed by atoms with Crippen molar-refractivity contribution in [1.29, 1.82) is 0 Å². The van der Waals surface area contributed by atoms with Gasteiger partial charge in [-0.05, 0) is 24.0 Å². The first kappa shape index (κ1) is 18.2. The van der Waals surface area contributed by atoms with Gasteiger partial charge in [0.15, 0.2) is 0 Å². The summed E-state index contributed by atoms with van der Waals surface area (Å²) in [7, 11) is 0. The van der Waals surface area contributed by atoms with E-state index in [2.05, 4.69) is 79.0 Å². The fraction of sp³-hybridized carbons (Fsp3) is 0.133. The van der Waals surface area contributed by atoms with Gasteiger partial charge >= 0.3 is 0 Å². The third-order valence-electron chi connectivity index (χ3n) is 2.39. The molecule has 2 N–H and O–H groups in total. The molecule has 0 fully saturated rings. The average molecular weight is 372 g/mol. The van der Waals surface area contributed by atoms with Crippen molar-refractivity contribution in [2.24, 2.45) is 5.73 Å². The van der Waals surface area contributed by atoms with Crippen LogP contribution in [0.5, 0.6) is 0 Å². The summed E-state index contributed by atoms with van der Waals surface area (Å²) >= 11 is 3.10. The number of amides is 1. The Bertz CT molecular complexity index is 419. The fourth-order valence-corrected chi connectivity index (χ4v) is 1.58. The van der Waals surface area contributed by atoms with Crippen molar-refractivity contribution < 1.29 is 32.1 Å². The van der Waals surface area contributed by atoms with Crippen LogP contribution in [0.4, 0.5) is 4.79 Å². The number of aryl methyl sites for hydroxylation is 2. The summed E-state index contributed by atoms with van der Waals surface area (Å²) in [5.41, 5.74) is 7.16. The maximum absolute atomic E-state index is 9.09. The van der Waals surface area contributed by atoms with Crippen molar-refractivity contribution in [1.82, 2.24) is 0 Å². The number of carbonyl (C=O) groups excluding carboxylic acids is 1. The molecule has 2 rings (SSSR count). The van der Waals surface area contributed by atoms with Crippen molar-refractivity contribution in [3.05, 3.63) is 71.8 Å². The largest absolute Gasteiger partial charge is 0.361 e. The molecule has 0 atom stereocenters. The van der Waals surface area contributed by atoms with Crippen LogP contribution in [0.1, 0.15) is 11.1 Å². The summed E-state index contributed by atoms with van der Waals surface area (Å²) < 4.78 is 0. The maximum Gasteiger partial charge on any atom is 0.273 e. The van der Waals surface area contributed by atoms with E-state index in [9.17, 15) is 0 Å². The second kappa shape index (κ2) is 11.0. The maximum atomic E-state index is 9.09. The van der Waals surface area contributed by atoms with Gasteiger partial charge in [-0.15, -0.1) is 0 Å². The van der Waals surface area contributed by atoms with E-state index >= 15 is 0 Å². The minimum atomic E-state index is -0.639. The number of hydrogen-bond donors (Lipinski definition) is 2. The van der Waals surface area contributed by atoms with E-state index in [0.717, 1.165) is 12.8 Å². The number of carbonyl (C=O) groups is 1. The van der Waals surface area contributed by atoms with Crippen LogP contribution in [0, 0.1) is 0 Å². The van der Waals surface area contributed by atoms with Crippen LogP contribution >= 0.6 is 12.6 Å².